The van der Waals surface area contributed by atoms with Gasteiger partial charge in [-0.1, -0.05) is 46.6 Å². The van der Waals surface area contributed by atoms with E-state index in [1.165, 1.54) is 7.11 Å². The second kappa shape index (κ2) is 16.7. The number of hydrogen-bond donors (Lipinski definition) is 1. The summed E-state index contributed by atoms with van der Waals surface area (Å²) >= 11 is 11.8. The van der Waals surface area contributed by atoms with Crippen molar-refractivity contribution < 1.29 is 14.4 Å². The Balaban J connectivity index is 0.000000319. The Morgan fingerprint density at radius 3 is 2.60 bits per heavy atom. The molecule has 1 amide bonds. The number of rotatable bonds is 8. The van der Waals surface area contributed by atoms with Crippen molar-refractivity contribution in [1.29, 1.82) is 5.26 Å². The Morgan fingerprint density at radius 2 is 1.95 bits per heavy atom. The van der Waals surface area contributed by atoms with Gasteiger partial charge in [0.15, 0.2) is 6.61 Å². The number of aliphatic imine (C=N–C) groups is 1. The average molecular weight is 585 g/mol. The predicted octanol–water partition coefficient (Wildman–Crippen LogP) is 5.91. The summed E-state index contributed by atoms with van der Waals surface area (Å²) in [5.74, 6) is 0.674. The van der Waals surface area contributed by atoms with Crippen LogP contribution in [0, 0.1) is 18.4 Å². The minimum atomic E-state index is -0.513. The van der Waals surface area contributed by atoms with Gasteiger partial charge in [0.1, 0.15) is 11.0 Å². The first kappa shape index (κ1) is 32.0. The Hall–Kier alpha value is -4.20. The van der Waals surface area contributed by atoms with E-state index in [-0.39, 0.29) is 6.54 Å². The molecule has 0 bridgehead atoms. The zero-order valence-electron chi connectivity index (χ0n) is 23.0. The molecule has 10 nitrogen and oxygen atoms in total. The van der Waals surface area contributed by atoms with E-state index in [2.05, 4.69) is 30.2 Å². The number of hydrogen-bond acceptors (Lipinski definition) is 8. The molecule has 0 atom stereocenters. The van der Waals surface area contributed by atoms with Crippen molar-refractivity contribution in [3.05, 3.63) is 93.0 Å². The number of amidine groups is 1. The number of nitriles is 1. The van der Waals surface area contributed by atoms with Gasteiger partial charge in [-0.25, -0.2) is 9.78 Å². The zero-order chi connectivity index (χ0) is 29.5. The van der Waals surface area contributed by atoms with Crippen LogP contribution in [0.25, 0.3) is 0 Å². The van der Waals surface area contributed by atoms with Gasteiger partial charge in [0.2, 0.25) is 6.19 Å². The minimum absolute atomic E-state index is 0.265. The molecule has 0 saturated carbocycles. The summed E-state index contributed by atoms with van der Waals surface area (Å²) < 4.78 is 4.55. The smallest absolute Gasteiger partial charge is 0.407 e. The van der Waals surface area contributed by atoms with Gasteiger partial charge in [-0.15, -0.1) is 0 Å². The lowest BCUT2D eigenvalue weighted by atomic mass is 10.1. The van der Waals surface area contributed by atoms with Crippen molar-refractivity contribution in [1.82, 2.24) is 20.2 Å². The second-order valence-electron chi connectivity index (χ2n) is 8.48. The van der Waals surface area contributed by atoms with Crippen LogP contribution in [-0.2, 0) is 29.3 Å². The third-order valence-corrected chi connectivity index (χ3v) is 6.00. The van der Waals surface area contributed by atoms with Crippen molar-refractivity contribution in [2.24, 2.45) is 10.1 Å². The molecule has 0 aliphatic carbocycles. The van der Waals surface area contributed by atoms with Crippen molar-refractivity contribution in [2.45, 2.75) is 40.5 Å². The lowest BCUT2D eigenvalue weighted by Crippen LogP contribution is -2.23. The van der Waals surface area contributed by atoms with Gasteiger partial charge >= 0.3 is 6.09 Å². The molecule has 0 saturated heterocycles. The highest BCUT2D eigenvalue weighted by Crippen LogP contribution is 2.18. The minimum Gasteiger partial charge on any atom is -0.453 e. The number of nitrogens with one attached hydrogen (secondary N) is 1. The van der Waals surface area contributed by atoms with E-state index in [1.54, 1.807) is 31.4 Å². The van der Waals surface area contributed by atoms with Crippen LogP contribution in [0.2, 0.25) is 10.2 Å². The summed E-state index contributed by atoms with van der Waals surface area (Å²) in [4.78, 5) is 30.4. The SMILES string of the molecule is C/C(=N\C#N)N(C)Cc1ccc(Cl)nc1.COC(=O)NCc1cc(/C(C)=N/OCc2cccc(C)n2)ccc1Cl. The summed E-state index contributed by atoms with van der Waals surface area (Å²) in [6.45, 7) is 6.76. The molecule has 0 unspecified atom stereocenters. The number of alkyl carbamates (subject to hydrolysis) is 1. The molecule has 2 heterocycles. The number of benzene rings is 1. The van der Waals surface area contributed by atoms with Gasteiger partial charge in [-0.05, 0) is 67.8 Å². The Kier molecular flexibility index (Phi) is 13.4. The molecule has 0 radical (unpaired) electrons. The number of pyridine rings is 2. The molecule has 3 aromatic rings. The maximum absolute atomic E-state index is 11.2. The molecule has 210 valence electrons. The number of ether oxygens (including phenoxy) is 1. The fraction of sp³-hybridized carbons (Fsp3) is 0.286. The van der Waals surface area contributed by atoms with Gasteiger partial charge in [0, 0.05) is 37.1 Å². The number of aromatic nitrogens is 2. The highest BCUT2D eigenvalue weighted by molar-refractivity contribution is 6.31. The predicted molar refractivity (Wildman–Crippen MR) is 156 cm³/mol. The van der Waals surface area contributed by atoms with E-state index in [1.807, 2.05) is 62.2 Å². The number of oxime groups is 1. The van der Waals surface area contributed by atoms with Crippen LogP contribution in [0.5, 0.6) is 0 Å². The maximum Gasteiger partial charge on any atom is 0.407 e. The monoisotopic (exact) mass is 583 g/mol. The van der Waals surface area contributed by atoms with Crippen molar-refractivity contribution in [3.8, 4) is 6.19 Å². The van der Waals surface area contributed by atoms with E-state index in [0.29, 0.717) is 34.9 Å². The fourth-order valence-corrected chi connectivity index (χ4v) is 3.44. The molecule has 0 aliphatic rings. The van der Waals surface area contributed by atoms with Crippen LogP contribution in [0.3, 0.4) is 0 Å². The number of amides is 1. The van der Waals surface area contributed by atoms with E-state index in [0.717, 1.165) is 28.1 Å². The van der Waals surface area contributed by atoms with E-state index >= 15 is 0 Å². The molecule has 1 N–H and O–H groups in total. The first-order chi connectivity index (χ1) is 19.1. The highest BCUT2D eigenvalue weighted by atomic mass is 35.5. The molecule has 1 aromatic carbocycles. The summed E-state index contributed by atoms with van der Waals surface area (Å²) in [5.41, 5.74) is 5.08. The Morgan fingerprint density at radius 1 is 1.18 bits per heavy atom. The van der Waals surface area contributed by atoms with Crippen LogP contribution in [-0.4, -0.2) is 46.7 Å². The van der Waals surface area contributed by atoms with Crippen LogP contribution in [0.4, 0.5) is 4.79 Å². The number of aryl methyl sites for hydroxylation is 1. The van der Waals surface area contributed by atoms with Gasteiger partial charge in [-0.2, -0.15) is 10.3 Å². The van der Waals surface area contributed by atoms with Crippen LogP contribution >= 0.6 is 23.2 Å². The fourth-order valence-electron chi connectivity index (χ4n) is 3.15. The van der Waals surface area contributed by atoms with E-state index in [9.17, 15) is 4.79 Å². The van der Waals surface area contributed by atoms with Crippen molar-refractivity contribution >= 4 is 40.8 Å². The summed E-state index contributed by atoms with van der Waals surface area (Å²) in [6.07, 6.45) is 2.95. The third-order valence-electron chi connectivity index (χ3n) is 5.40. The molecule has 0 spiro atoms. The number of halogens is 2. The molecule has 0 fully saturated rings. The van der Waals surface area contributed by atoms with Gasteiger partial charge in [0.25, 0.3) is 0 Å². The molecular formula is C28H31Cl2N7O3. The number of carbonyl (C=O) groups is 1. The second-order valence-corrected chi connectivity index (χ2v) is 9.27. The van der Waals surface area contributed by atoms with Gasteiger partial charge in [0.05, 0.1) is 18.5 Å². The summed E-state index contributed by atoms with van der Waals surface area (Å²) in [5, 5.41) is 16.1. The molecule has 40 heavy (non-hydrogen) atoms. The number of methoxy groups -OCH3 is 1. The maximum atomic E-state index is 11.2. The number of nitrogens with zero attached hydrogens (tertiary/aromatic N) is 6. The normalized spacial score (nSPS) is 11.1. The van der Waals surface area contributed by atoms with Crippen LogP contribution < -0.4 is 5.32 Å². The molecular weight excluding hydrogens is 553 g/mol. The van der Waals surface area contributed by atoms with Crippen LogP contribution in [0.15, 0.2) is 64.9 Å². The molecule has 12 heteroatoms. The highest BCUT2D eigenvalue weighted by Gasteiger charge is 2.07. The first-order valence-corrected chi connectivity index (χ1v) is 12.8. The third kappa shape index (κ3) is 11.3. The standard InChI is InChI=1S/C18H20ClN3O3.C10H11ClN4/c1-12-5-4-6-16(21-12)11-25-22-13(2)14-7-8-17(19)15(9-14)10-20-18(23)24-3;1-8(14-7-12)15(2)6-9-3-4-10(11)13-5-9/h4-9H,10-11H2,1-3H3,(H,20,23);3-5H,6H2,1-2H3/b22-13+;14-8+. The molecule has 3 rings (SSSR count). The Bertz CT molecular complexity index is 1370. The largest absolute Gasteiger partial charge is 0.453 e. The van der Waals surface area contributed by atoms with Gasteiger partial charge in [-0.3, -0.25) is 4.98 Å². The first-order valence-electron chi connectivity index (χ1n) is 12.1. The van der Waals surface area contributed by atoms with E-state index in [4.69, 9.17) is 33.3 Å². The zero-order valence-corrected chi connectivity index (χ0v) is 24.5. The molecule has 2 aromatic heterocycles. The summed E-state index contributed by atoms with van der Waals surface area (Å²) in [6, 6.07) is 14.8. The molecule has 0 aliphatic heterocycles. The summed E-state index contributed by atoms with van der Waals surface area (Å²) in [7, 11) is 3.18. The quantitative estimate of drug-likeness (QED) is 0.115. The van der Waals surface area contributed by atoms with Crippen LogP contribution in [0.1, 0.15) is 41.9 Å². The lowest BCUT2D eigenvalue weighted by Gasteiger charge is -2.17. The van der Waals surface area contributed by atoms with Gasteiger partial charge < -0.3 is 19.8 Å². The van der Waals surface area contributed by atoms with E-state index < -0.39 is 6.09 Å². The van der Waals surface area contributed by atoms with Crippen molar-refractivity contribution in [3.63, 3.8) is 0 Å². The topological polar surface area (TPSA) is 125 Å². The average Bonchev–Trinajstić information content (AvgIpc) is 2.94. The van der Waals surface area contributed by atoms with Crippen molar-refractivity contribution in [2.75, 3.05) is 14.2 Å². The number of carbonyl (C=O) groups excluding carboxylic acids is 1. The lowest BCUT2D eigenvalue weighted by molar-refractivity contribution is 0.127. The Labute approximate surface area is 244 Å².